The fourth-order valence-corrected chi connectivity index (χ4v) is 1.74. The van der Waals surface area contributed by atoms with Gasteiger partial charge in [0.15, 0.2) is 0 Å². The summed E-state index contributed by atoms with van der Waals surface area (Å²) >= 11 is 0. The van der Waals surface area contributed by atoms with Gasteiger partial charge < -0.3 is 10.5 Å². The molecule has 2 N–H and O–H groups in total. The monoisotopic (exact) mass is 245 g/mol. The second kappa shape index (κ2) is 5.54. The molecule has 94 valence electrons. The Hall–Kier alpha value is -2.03. The van der Waals surface area contributed by atoms with Crippen molar-refractivity contribution < 1.29 is 9.13 Å². The van der Waals surface area contributed by atoms with E-state index >= 15 is 0 Å². The Morgan fingerprint density at radius 1 is 1.11 bits per heavy atom. The van der Waals surface area contributed by atoms with E-state index in [1.807, 2.05) is 12.1 Å². The third-order valence-corrected chi connectivity index (χ3v) is 2.62. The van der Waals surface area contributed by atoms with E-state index in [1.54, 1.807) is 18.2 Å². The van der Waals surface area contributed by atoms with E-state index < -0.39 is 0 Å². The van der Waals surface area contributed by atoms with Crippen molar-refractivity contribution in [2.75, 3.05) is 12.3 Å². The maximum atomic E-state index is 12.9. The van der Waals surface area contributed by atoms with Crippen LogP contribution in [-0.4, -0.2) is 6.61 Å². The lowest BCUT2D eigenvalue weighted by Crippen LogP contribution is -1.98. The molecule has 0 bridgehead atoms. The maximum Gasteiger partial charge on any atom is 0.127 e. The first-order chi connectivity index (χ1) is 8.70. The lowest BCUT2D eigenvalue weighted by Gasteiger charge is -2.12. The second-order valence-corrected chi connectivity index (χ2v) is 4.11. The summed E-state index contributed by atoms with van der Waals surface area (Å²) in [7, 11) is 0. The van der Waals surface area contributed by atoms with E-state index in [0.29, 0.717) is 12.3 Å². The van der Waals surface area contributed by atoms with Crippen molar-refractivity contribution in [1.29, 1.82) is 0 Å². The highest BCUT2D eigenvalue weighted by Crippen LogP contribution is 2.32. The molecule has 0 aliphatic rings. The van der Waals surface area contributed by atoms with E-state index in [9.17, 15) is 4.39 Å². The van der Waals surface area contributed by atoms with Gasteiger partial charge in [-0.3, -0.25) is 0 Å². The van der Waals surface area contributed by atoms with Gasteiger partial charge in [0.25, 0.3) is 0 Å². The van der Waals surface area contributed by atoms with Gasteiger partial charge in [-0.15, -0.1) is 0 Å². The van der Waals surface area contributed by atoms with Gasteiger partial charge in [-0.25, -0.2) is 4.39 Å². The molecule has 0 aromatic heterocycles. The summed E-state index contributed by atoms with van der Waals surface area (Å²) in [6, 6.07) is 11.8. The molecule has 18 heavy (non-hydrogen) atoms. The Labute approximate surface area is 106 Å². The molecule has 0 aliphatic heterocycles. The van der Waals surface area contributed by atoms with Crippen LogP contribution in [-0.2, 0) is 0 Å². The van der Waals surface area contributed by atoms with Crippen molar-refractivity contribution in [2.24, 2.45) is 0 Å². The number of hydrogen-bond donors (Lipinski definition) is 1. The van der Waals surface area contributed by atoms with Crippen LogP contribution < -0.4 is 10.5 Å². The summed E-state index contributed by atoms with van der Waals surface area (Å²) < 4.78 is 18.6. The van der Waals surface area contributed by atoms with E-state index in [1.165, 1.54) is 12.1 Å². The molecule has 0 heterocycles. The zero-order valence-electron chi connectivity index (χ0n) is 10.3. The Bertz CT molecular complexity index is 523. The van der Waals surface area contributed by atoms with Crippen LogP contribution in [0.1, 0.15) is 13.3 Å². The van der Waals surface area contributed by atoms with Gasteiger partial charge in [-0.2, -0.15) is 0 Å². The van der Waals surface area contributed by atoms with E-state index in [0.717, 1.165) is 23.3 Å². The number of nitrogens with two attached hydrogens (primary N) is 1. The van der Waals surface area contributed by atoms with Crippen molar-refractivity contribution in [3.05, 3.63) is 48.3 Å². The van der Waals surface area contributed by atoms with Gasteiger partial charge in [-0.05, 0) is 42.3 Å². The van der Waals surface area contributed by atoms with Crippen LogP contribution >= 0.6 is 0 Å². The van der Waals surface area contributed by atoms with Crippen LogP contribution in [0, 0.1) is 5.82 Å². The fourth-order valence-electron chi connectivity index (χ4n) is 1.74. The van der Waals surface area contributed by atoms with Gasteiger partial charge in [0, 0.05) is 11.3 Å². The van der Waals surface area contributed by atoms with Gasteiger partial charge in [0.05, 0.1) is 6.61 Å². The van der Waals surface area contributed by atoms with Gasteiger partial charge in [0.1, 0.15) is 11.6 Å². The number of nitrogen functional groups attached to an aromatic ring is 1. The van der Waals surface area contributed by atoms with E-state index in [4.69, 9.17) is 10.5 Å². The first-order valence-corrected chi connectivity index (χ1v) is 5.99. The minimum Gasteiger partial charge on any atom is -0.493 e. The molecular weight excluding hydrogens is 229 g/mol. The number of hydrogen-bond acceptors (Lipinski definition) is 2. The molecule has 2 nitrogen and oxygen atoms in total. The van der Waals surface area contributed by atoms with Crippen LogP contribution in [0.2, 0.25) is 0 Å². The number of anilines is 1. The summed E-state index contributed by atoms with van der Waals surface area (Å²) in [5, 5.41) is 0. The molecule has 2 aromatic carbocycles. The predicted molar refractivity (Wildman–Crippen MR) is 72.0 cm³/mol. The molecule has 0 aliphatic carbocycles. The predicted octanol–water partition coefficient (Wildman–Crippen LogP) is 3.86. The Balaban J connectivity index is 2.40. The Morgan fingerprint density at radius 2 is 1.83 bits per heavy atom. The van der Waals surface area contributed by atoms with Crippen molar-refractivity contribution in [3.8, 4) is 16.9 Å². The first kappa shape index (κ1) is 12.4. The van der Waals surface area contributed by atoms with Crippen LogP contribution in [0.5, 0.6) is 5.75 Å². The average Bonchev–Trinajstić information content (AvgIpc) is 2.38. The highest BCUT2D eigenvalue weighted by Gasteiger charge is 2.07. The van der Waals surface area contributed by atoms with Crippen molar-refractivity contribution in [1.82, 2.24) is 0 Å². The van der Waals surface area contributed by atoms with E-state index in [2.05, 4.69) is 6.92 Å². The quantitative estimate of drug-likeness (QED) is 0.830. The summed E-state index contributed by atoms with van der Waals surface area (Å²) in [5.74, 6) is 0.524. The highest BCUT2D eigenvalue weighted by atomic mass is 19.1. The summed E-state index contributed by atoms with van der Waals surface area (Å²) in [4.78, 5) is 0. The van der Waals surface area contributed by atoms with Crippen LogP contribution in [0.15, 0.2) is 42.5 Å². The van der Waals surface area contributed by atoms with Gasteiger partial charge in [-0.1, -0.05) is 19.1 Å². The fraction of sp³-hybridized carbons (Fsp3) is 0.200. The zero-order chi connectivity index (χ0) is 13.0. The number of ether oxygens (including phenoxy) is 1. The molecule has 2 rings (SSSR count). The summed E-state index contributed by atoms with van der Waals surface area (Å²) in [6.07, 6.45) is 0.938. The molecule has 0 unspecified atom stereocenters. The molecular formula is C15H16FNO. The van der Waals surface area contributed by atoms with Crippen LogP contribution in [0.4, 0.5) is 10.1 Å². The minimum absolute atomic E-state index is 0.251. The Kier molecular flexibility index (Phi) is 3.82. The molecule has 0 spiro atoms. The molecule has 0 radical (unpaired) electrons. The third kappa shape index (κ3) is 2.80. The Morgan fingerprint density at radius 3 is 2.50 bits per heavy atom. The molecule has 0 fully saturated rings. The number of benzene rings is 2. The third-order valence-electron chi connectivity index (χ3n) is 2.62. The minimum atomic E-state index is -0.251. The van der Waals surface area contributed by atoms with Crippen LogP contribution in [0.25, 0.3) is 11.1 Å². The molecule has 2 aromatic rings. The zero-order valence-corrected chi connectivity index (χ0v) is 10.3. The standard InChI is InChI=1S/C15H16FNO/c1-2-9-18-15-8-7-13(17)10-14(15)11-3-5-12(16)6-4-11/h3-8,10H,2,9,17H2,1H3. The van der Waals surface area contributed by atoms with E-state index in [-0.39, 0.29) is 5.82 Å². The molecule has 0 saturated heterocycles. The summed E-state index contributed by atoms with van der Waals surface area (Å²) in [6.45, 7) is 2.70. The highest BCUT2D eigenvalue weighted by molar-refractivity contribution is 5.73. The maximum absolute atomic E-state index is 12.9. The van der Waals surface area contributed by atoms with Gasteiger partial charge in [0.2, 0.25) is 0 Å². The van der Waals surface area contributed by atoms with Crippen molar-refractivity contribution in [2.45, 2.75) is 13.3 Å². The molecule has 0 amide bonds. The lowest BCUT2D eigenvalue weighted by atomic mass is 10.0. The largest absolute Gasteiger partial charge is 0.493 e. The lowest BCUT2D eigenvalue weighted by molar-refractivity contribution is 0.319. The number of rotatable bonds is 4. The average molecular weight is 245 g/mol. The molecule has 0 atom stereocenters. The van der Waals surface area contributed by atoms with Crippen LogP contribution in [0.3, 0.4) is 0 Å². The SMILES string of the molecule is CCCOc1ccc(N)cc1-c1ccc(F)cc1. The number of halogens is 1. The molecule has 0 saturated carbocycles. The van der Waals surface area contributed by atoms with Crippen molar-refractivity contribution >= 4 is 5.69 Å². The second-order valence-electron chi connectivity index (χ2n) is 4.11. The smallest absolute Gasteiger partial charge is 0.127 e. The normalized spacial score (nSPS) is 10.3. The summed E-state index contributed by atoms with van der Waals surface area (Å²) in [5.41, 5.74) is 8.25. The van der Waals surface area contributed by atoms with Gasteiger partial charge >= 0.3 is 0 Å². The topological polar surface area (TPSA) is 35.2 Å². The molecule has 3 heteroatoms. The first-order valence-electron chi connectivity index (χ1n) is 5.99. The van der Waals surface area contributed by atoms with Crippen molar-refractivity contribution in [3.63, 3.8) is 0 Å².